The van der Waals surface area contributed by atoms with Crippen LogP contribution in [0.1, 0.15) is 19.4 Å². The van der Waals surface area contributed by atoms with E-state index in [0.717, 1.165) is 6.08 Å². The summed E-state index contributed by atoms with van der Waals surface area (Å²) >= 11 is 0. The third-order valence-electron chi connectivity index (χ3n) is 2.68. The molecular weight excluding hydrogens is 272 g/mol. The van der Waals surface area contributed by atoms with Crippen LogP contribution < -0.4 is 0 Å². The fraction of sp³-hybridized carbons (Fsp3) is 0.312. The fourth-order valence-corrected chi connectivity index (χ4v) is 1.78. The Balaban J connectivity index is 3.20. The first-order chi connectivity index (χ1) is 10.1. The van der Waals surface area contributed by atoms with Crippen LogP contribution in [0.5, 0.6) is 0 Å². The van der Waals surface area contributed by atoms with Crippen LogP contribution in [-0.4, -0.2) is 31.4 Å². The number of aldehydes is 1. The number of ether oxygens (including phenoxy) is 2. The normalized spacial score (nSPS) is 12.4. The van der Waals surface area contributed by atoms with Crippen molar-refractivity contribution >= 4 is 23.8 Å². The van der Waals surface area contributed by atoms with Crippen LogP contribution in [0.25, 0.3) is 5.57 Å². The van der Waals surface area contributed by atoms with E-state index in [2.05, 4.69) is 0 Å². The van der Waals surface area contributed by atoms with E-state index >= 15 is 0 Å². The van der Waals surface area contributed by atoms with E-state index in [0.29, 0.717) is 11.8 Å². The number of carbonyl (C=O) groups excluding carboxylic acids is 3. The third kappa shape index (κ3) is 4.87. The van der Waals surface area contributed by atoms with Gasteiger partial charge in [0.1, 0.15) is 12.2 Å². The largest absolute Gasteiger partial charge is 0.465 e. The third-order valence-corrected chi connectivity index (χ3v) is 2.68. The summed E-state index contributed by atoms with van der Waals surface area (Å²) in [5.74, 6) is -2.45. The smallest absolute Gasteiger partial charge is 0.331 e. The van der Waals surface area contributed by atoms with Crippen LogP contribution in [0.3, 0.4) is 0 Å². The van der Waals surface area contributed by atoms with Gasteiger partial charge in [-0.05, 0) is 25.0 Å². The summed E-state index contributed by atoms with van der Waals surface area (Å²) in [5, 5.41) is 0. The van der Waals surface area contributed by atoms with Crippen molar-refractivity contribution in [1.82, 2.24) is 0 Å². The van der Waals surface area contributed by atoms with Crippen molar-refractivity contribution in [3.05, 3.63) is 42.0 Å². The Morgan fingerprint density at radius 3 is 2.24 bits per heavy atom. The van der Waals surface area contributed by atoms with E-state index in [9.17, 15) is 14.4 Å². The number of hydrogen-bond acceptors (Lipinski definition) is 5. The molecule has 0 heterocycles. The topological polar surface area (TPSA) is 69.7 Å². The van der Waals surface area contributed by atoms with Gasteiger partial charge in [0.25, 0.3) is 0 Å². The van der Waals surface area contributed by atoms with Gasteiger partial charge in [-0.2, -0.15) is 0 Å². The average molecular weight is 290 g/mol. The zero-order valence-electron chi connectivity index (χ0n) is 12.1. The van der Waals surface area contributed by atoms with Crippen LogP contribution in [0.2, 0.25) is 0 Å². The van der Waals surface area contributed by atoms with Crippen LogP contribution in [0.15, 0.2) is 36.4 Å². The second-order valence-electron chi connectivity index (χ2n) is 4.08. The summed E-state index contributed by atoms with van der Waals surface area (Å²) in [6.45, 7) is 3.70. The predicted octanol–water partition coefficient (Wildman–Crippen LogP) is 2.01. The highest BCUT2D eigenvalue weighted by Crippen LogP contribution is 2.23. The minimum atomic E-state index is -1.16. The highest BCUT2D eigenvalue weighted by Gasteiger charge is 2.25. The van der Waals surface area contributed by atoms with Gasteiger partial charge < -0.3 is 14.3 Å². The van der Waals surface area contributed by atoms with Gasteiger partial charge in [-0.1, -0.05) is 30.3 Å². The SMILES string of the molecule is CCOC(=O)C=C(c1ccccc1)C(C=O)C(=O)OCC. The summed E-state index contributed by atoms with van der Waals surface area (Å²) in [5.41, 5.74) is 0.859. The molecular formula is C16H18O5. The molecule has 0 N–H and O–H groups in total. The first-order valence-electron chi connectivity index (χ1n) is 6.69. The van der Waals surface area contributed by atoms with Gasteiger partial charge in [0.15, 0.2) is 0 Å². The van der Waals surface area contributed by atoms with Gasteiger partial charge in [0, 0.05) is 6.08 Å². The second-order valence-corrected chi connectivity index (χ2v) is 4.08. The maximum Gasteiger partial charge on any atom is 0.331 e. The molecule has 0 saturated heterocycles. The molecule has 0 fully saturated rings. The first-order valence-corrected chi connectivity index (χ1v) is 6.69. The Morgan fingerprint density at radius 2 is 1.71 bits per heavy atom. The molecule has 0 radical (unpaired) electrons. The predicted molar refractivity (Wildman–Crippen MR) is 77.2 cm³/mol. The molecule has 1 atom stereocenters. The van der Waals surface area contributed by atoms with E-state index in [1.54, 1.807) is 44.2 Å². The molecule has 0 aromatic heterocycles. The lowest BCUT2D eigenvalue weighted by atomic mass is 9.93. The monoisotopic (exact) mass is 290 g/mol. The Hall–Kier alpha value is -2.43. The number of benzene rings is 1. The van der Waals surface area contributed by atoms with Crippen molar-refractivity contribution in [3.63, 3.8) is 0 Å². The van der Waals surface area contributed by atoms with E-state index in [4.69, 9.17) is 9.47 Å². The molecule has 0 bridgehead atoms. The van der Waals surface area contributed by atoms with Crippen molar-refractivity contribution in [2.45, 2.75) is 13.8 Å². The number of esters is 2. The molecule has 0 aliphatic heterocycles. The number of carbonyl (C=O) groups is 3. The molecule has 1 rings (SSSR count). The van der Waals surface area contributed by atoms with Crippen LogP contribution in [-0.2, 0) is 23.9 Å². The zero-order chi connectivity index (χ0) is 15.7. The first kappa shape index (κ1) is 16.6. The van der Waals surface area contributed by atoms with Gasteiger partial charge in [-0.25, -0.2) is 4.79 Å². The molecule has 5 nitrogen and oxygen atoms in total. The lowest BCUT2D eigenvalue weighted by molar-refractivity contribution is -0.146. The molecule has 1 unspecified atom stereocenters. The van der Waals surface area contributed by atoms with Crippen LogP contribution in [0, 0.1) is 5.92 Å². The molecule has 0 amide bonds. The fourth-order valence-electron chi connectivity index (χ4n) is 1.78. The minimum absolute atomic E-state index is 0.157. The molecule has 0 aliphatic rings. The molecule has 1 aromatic rings. The second kappa shape index (κ2) is 8.68. The summed E-state index contributed by atoms with van der Waals surface area (Å²) in [6.07, 6.45) is 1.63. The molecule has 1 aromatic carbocycles. The van der Waals surface area contributed by atoms with Crippen molar-refractivity contribution in [2.75, 3.05) is 13.2 Å². The summed E-state index contributed by atoms with van der Waals surface area (Å²) in [7, 11) is 0. The lowest BCUT2D eigenvalue weighted by Gasteiger charge is -2.14. The van der Waals surface area contributed by atoms with E-state index in [-0.39, 0.29) is 18.8 Å². The Kier molecular flexibility index (Phi) is 6.87. The zero-order valence-corrected chi connectivity index (χ0v) is 12.1. The van der Waals surface area contributed by atoms with Crippen molar-refractivity contribution in [2.24, 2.45) is 5.92 Å². The number of rotatable bonds is 7. The van der Waals surface area contributed by atoms with Gasteiger partial charge >= 0.3 is 11.9 Å². The standard InChI is InChI=1S/C16H18O5/c1-3-20-15(18)10-13(12-8-6-5-7-9-12)14(11-17)16(19)21-4-2/h5-11,14H,3-4H2,1-2H3. The molecule has 0 saturated carbocycles. The molecule has 0 aliphatic carbocycles. The summed E-state index contributed by atoms with van der Waals surface area (Å²) in [4.78, 5) is 34.8. The molecule has 21 heavy (non-hydrogen) atoms. The van der Waals surface area contributed by atoms with Crippen molar-refractivity contribution in [1.29, 1.82) is 0 Å². The Bertz CT molecular complexity index is 519. The Labute approximate surface area is 123 Å². The van der Waals surface area contributed by atoms with Gasteiger partial charge in [-0.3, -0.25) is 4.79 Å². The maximum absolute atomic E-state index is 11.9. The van der Waals surface area contributed by atoms with Crippen LogP contribution in [0.4, 0.5) is 0 Å². The highest BCUT2D eigenvalue weighted by molar-refractivity contribution is 6.05. The maximum atomic E-state index is 11.9. The van der Waals surface area contributed by atoms with E-state index < -0.39 is 17.9 Å². The minimum Gasteiger partial charge on any atom is -0.465 e. The summed E-state index contributed by atoms with van der Waals surface area (Å²) < 4.78 is 9.72. The number of hydrogen-bond donors (Lipinski definition) is 0. The average Bonchev–Trinajstić information content (AvgIpc) is 2.48. The van der Waals surface area contributed by atoms with Gasteiger partial charge in [-0.15, -0.1) is 0 Å². The quantitative estimate of drug-likeness (QED) is 0.332. The van der Waals surface area contributed by atoms with E-state index in [1.165, 1.54) is 0 Å². The lowest BCUT2D eigenvalue weighted by Crippen LogP contribution is -2.21. The van der Waals surface area contributed by atoms with Crippen LogP contribution >= 0.6 is 0 Å². The molecule has 112 valence electrons. The van der Waals surface area contributed by atoms with Gasteiger partial charge in [0.05, 0.1) is 13.2 Å². The Morgan fingerprint density at radius 1 is 1.10 bits per heavy atom. The van der Waals surface area contributed by atoms with Gasteiger partial charge in [0.2, 0.25) is 0 Å². The summed E-state index contributed by atoms with van der Waals surface area (Å²) in [6, 6.07) is 8.72. The van der Waals surface area contributed by atoms with E-state index in [1.807, 2.05) is 0 Å². The van der Waals surface area contributed by atoms with Crippen molar-refractivity contribution < 1.29 is 23.9 Å². The highest BCUT2D eigenvalue weighted by atomic mass is 16.5. The molecule has 5 heteroatoms. The molecule has 0 spiro atoms. The van der Waals surface area contributed by atoms with Crippen molar-refractivity contribution in [3.8, 4) is 0 Å².